The van der Waals surface area contributed by atoms with E-state index in [2.05, 4.69) is 29.5 Å². The molecule has 1 rings (SSSR count). The smallest absolute Gasteiger partial charge is 0.221 e. The third kappa shape index (κ3) is 7.42. The number of nitrogens with zero attached hydrogens (tertiary/aromatic N) is 1. The second-order valence-electron chi connectivity index (χ2n) is 5.03. The zero-order valence-corrected chi connectivity index (χ0v) is 12.9. The van der Waals surface area contributed by atoms with Crippen LogP contribution in [-0.4, -0.2) is 49.7 Å². The van der Waals surface area contributed by atoms with Crippen molar-refractivity contribution < 1.29 is 9.53 Å². The quantitative estimate of drug-likeness (QED) is 0.660. The van der Waals surface area contributed by atoms with Gasteiger partial charge in [-0.25, -0.2) is 0 Å². The standard InChI is InChI=1S/C13H25N3O2S/c1-10(2)8-11-9-16-13(19-11)15-5-4-12(17)14-6-7-18-3/h10-11H,4-9H2,1-3H3,(H,14,17)(H,15,16). The maximum atomic E-state index is 11.4. The maximum absolute atomic E-state index is 11.4. The first kappa shape index (κ1) is 16.3. The highest BCUT2D eigenvalue weighted by molar-refractivity contribution is 8.14. The summed E-state index contributed by atoms with van der Waals surface area (Å²) in [4.78, 5) is 15.9. The number of methoxy groups -OCH3 is 1. The van der Waals surface area contributed by atoms with Gasteiger partial charge in [0.1, 0.15) is 0 Å². The molecule has 1 aliphatic rings. The molecular formula is C13H25N3O2S. The van der Waals surface area contributed by atoms with E-state index in [-0.39, 0.29) is 5.91 Å². The number of thioether (sulfide) groups is 1. The number of aliphatic imine (C=N–C) groups is 1. The second kappa shape index (κ2) is 9.20. The fourth-order valence-corrected chi connectivity index (χ4v) is 3.11. The van der Waals surface area contributed by atoms with Crippen LogP contribution in [0.3, 0.4) is 0 Å². The van der Waals surface area contributed by atoms with Crippen molar-refractivity contribution in [1.82, 2.24) is 10.6 Å². The van der Waals surface area contributed by atoms with E-state index in [9.17, 15) is 4.79 Å². The fourth-order valence-electron chi connectivity index (χ4n) is 1.83. The third-order valence-electron chi connectivity index (χ3n) is 2.71. The Morgan fingerprint density at radius 2 is 2.32 bits per heavy atom. The number of carbonyl (C=O) groups is 1. The number of rotatable bonds is 8. The van der Waals surface area contributed by atoms with Crippen molar-refractivity contribution >= 4 is 22.8 Å². The number of amides is 1. The lowest BCUT2D eigenvalue weighted by molar-refractivity contribution is -0.121. The van der Waals surface area contributed by atoms with Gasteiger partial charge in [-0.3, -0.25) is 9.79 Å². The molecule has 0 aromatic heterocycles. The number of hydrogen-bond acceptors (Lipinski definition) is 5. The normalized spacial score (nSPS) is 18.5. The molecule has 1 amide bonds. The number of ether oxygens (including phenoxy) is 1. The third-order valence-corrected chi connectivity index (χ3v) is 3.88. The Balaban J connectivity index is 2.06. The van der Waals surface area contributed by atoms with Gasteiger partial charge in [0.2, 0.25) is 5.91 Å². The van der Waals surface area contributed by atoms with Crippen molar-refractivity contribution in [3.05, 3.63) is 0 Å². The van der Waals surface area contributed by atoms with Crippen LogP contribution in [-0.2, 0) is 9.53 Å². The second-order valence-corrected chi connectivity index (χ2v) is 6.32. The summed E-state index contributed by atoms with van der Waals surface area (Å²) in [7, 11) is 1.62. The van der Waals surface area contributed by atoms with E-state index in [0.29, 0.717) is 37.3 Å². The summed E-state index contributed by atoms with van der Waals surface area (Å²) in [5.74, 6) is 0.755. The molecular weight excluding hydrogens is 262 g/mol. The Hall–Kier alpha value is -0.750. The van der Waals surface area contributed by atoms with E-state index < -0.39 is 0 Å². The van der Waals surface area contributed by atoms with Crippen LogP contribution < -0.4 is 10.6 Å². The molecule has 0 aliphatic carbocycles. The summed E-state index contributed by atoms with van der Waals surface area (Å²) in [6.45, 7) is 7.12. The number of carbonyl (C=O) groups excluding carboxylic acids is 1. The van der Waals surface area contributed by atoms with Gasteiger partial charge < -0.3 is 15.4 Å². The van der Waals surface area contributed by atoms with Gasteiger partial charge in [-0.15, -0.1) is 0 Å². The molecule has 6 heteroatoms. The minimum absolute atomic E-state index is 0.0480. The molecule has 0 spiro atoms. The van der Waals surface area contributed by atoms with Crippen LogP contribution in [0.5, 0.6) is 0 Å². The SMILES string of the molecule is COCCNC(=O)CCNC1=NCC(CC(C)C)S1. The lowest BCUT2D eigenvalue weighted by Crippen LogP contribution is -2.31. The molecule has 1 unspecified atom stereocenters. The Bertz CT molecular complexity index is 308. The highest BCUT2D eigenvalue weighted by Gasteiger charge is 2.20. The van der Waals surface area contributed by atoms with Crippen LogP contribution in [0.4, 0.5) is 0 Å². The van der Waals surface area contributed by atoms with Gasteiger partial charge in [-0.05, 0) is 12.3 Å². The van der Waals surface area contributed by atoms with Crippen LogP contribution in [0.15, 0.2) is 4.99 Å². The fraction of sp³-hybridized carbons (Fsp3) is 0.846. The molecule has 1 aliphatic heterocycles. The molecule has 0 fully saturated rings. The van der Waals surface area contributed by atoms with E-state index in [1.165, 1.54) is 6.42 Å². The Labute approximate surface area is 120 Å². The van der Waals surface area contributed by atoms with E-state index in [1.807, 2.05) is 0 Å². The van der Waals surface area contributed by atoms with Crippen molar-refractivity contribution in [2.75, 3.05) is 33.4 Å². The first-order valence-electron chi connectivity index (χ1n) is 6.82. The topological polar surface area (TPSA) is 62.7 Å². The van der Waals surface area contributed by atoms with Crippen LogP contribution in [0.1, 0.15) is 26.7 Å². The van der Waals surface area contributed by atoms with Crippen molar-refractivity contribution in [3.63, 3.8) is 0 Å². The van der Waals surface area contributed by atoms with Crippen LogP contribution in [0.2, 0.25) is 0 Å². The molecule has 1 atom stereocenters. The zero-order chi connectivity index (χ0) is 14.1. The van der Waals surface area contributed by atoms with E-state index in [0.717, 1.165) is 11.7 Å². The predicted molar refractivity (Wildman–Crippen MR) is 80.6 cm³/mol. The molecule has 0 saturated heterocycles. The average molecular weight is 287 g/mol. The number of nitrogens with one attached hydrogen (secondary N) is 2. The Morgan fingerprint density at radius 1 is 1.53 bits per heavy atom. The highest BCUT2D eigenvalue weighted by Crippen LogP contribution is 2.25. The molecule has 0 saturated carbocycles. The summed E-state index contributed by atoms with van der Waals surface area (Å²) in [5.41, 5.74) is 0. The molecule has 5 nitrogen and oxygen atoms in total. The number of hydrogen-bond donors (Lipinski definition) is 2. The van der Waals surface area contributed by atoms with Crippen LogP contribution >= 0.6 is 11.8 Å². The van der Waals surface area contributed by atoms with E-state index in [4.69, 9.17) is 4.74 Å². The van der Waals surface area contributed by atoms with Gasteiger partial charge in [0, 0.05) is 31.9 Å². The molecule has 2 N–H and O–H groups in total. The molecule has 0 aromatic carbocycles. The monoisotopic (exact) mass is 287 g/mol. The lowest BCUT2D eigenvalue weighted by Gasteiger charge is -2.11. The van der Waals surface area contributed by atoms with Gasteiger partial charge in [0.05, 0.1) is 13.2 Å². The predicted octanol–water partition coefficient (Wildman–Crippen LogP) is 1.25. The van der Waals surface area contributed by atoms with Gasteiger partial charge in [0.15, 0.2) is 5.17 Å². The zero-order valence-electron chi connectivity index (χ0n) is 12.1. The first-order valence-corrected chi connectivity index (χ1v) is 7.70. The summed E-state index contributed by atoms with van der Waals surface area (Å²) in [6, 6.07) is 0. The van der Waals surface area contributed by atoms with Crippen molar-refractivity contribution in [2.24, 2.45) is 10.9 Å². The number of amidine groups is 1. The Morgan fingerprint density at radius 3 is 3.00 bits per heavy atom. The average Bonchev–Trinajstić information content (AvgIpc) is 2.76. The van der Waals surface area contributed by atoms with Gasteiger partial charge in [-0.1, -0.05) is 25.6 Å². The van der Waals surface area contributed by atoms with Crippen LogP contribution in [0.25, 0.3) is 0 Å². The van der Waals surface area contributed by atoms with Crippen LogP contribution in [0, 0.1) is 5.92 Å². The van der Waals surface area contributed by atoms with E-state index >= 15 is 0 Å². The molecule has 0 bridgehead atoms. The van der Waals surface area contributed by atoms with Gasteiger partial charge in [0.25, 0.3) is 0 Å². The van der Waals surface area contributed by atoms with Gasteiger partial charge >= 0.3 is 0 Å². The summed E-state index contributed by atoms with van der Waals surface area (Å²) < 4.78 is 4.87. The summed E-state index contributed by atoms with van der Waals surface area (Å²) >= 11 is 1.80. The van der Waals surface area contributed by atoms with Crippen molar-refractivity contribution in [3.8, 4) is 0 Å². The minimum atomic E-state index is 0.0480. The molecule has 19 heavy (non-hydrogen) atoms. The Kier molecular flexibility index (Phi) is 7.90. The van der Waals surface area contributed by atoms with Crippen molar-refractivity contribution in [2.45, 2.75) is 31.9 Å². The first-order chi connectivity index (χ1) is 9.11. The molecule has 110 valence electrons. The maximum Gasteiger partial charge on any atom is 0.221 e. The molecule has 0 aromatic rings. The van der Waals surface area contributed by atoms with E-state index in [1.54, 1.807) is 18.9 Å². The summed E-state index contributed by atoms with van der Waals surface area (Å²) in [6.07, 6.45) is 1.66. The highest BCUT2D eigenvalue weighted by atomic mass is 32.2. The summed E-state index contributed by atoms with van der Waals surface area (Å²) in [5, 5.41) is 7.60. The van der Waals surface area contributed by atoms with Gasteiger partial charge in [-0.2, -0.15) is 0 Å². The lowest BCUT2D eigenvalue weighted by atomic mass is 10.1. The van der Waals surface area contributed by atoms with Crippen molar-refractivity contribution in [1.29, 1.82) is 0 Å². The molecule has 0 radical (unpaired) electrons. The minimum Gasteiger partial charge on any atom is -0.383 e. The largest absolute Gasteiger partial charge is 0.383 e. The molecule has 1 heterocycles.